The normalized spacial score (nSPS) is 27.8. The van der Waals surface area contributed by atoms with Gasteiger partial charge in [0.2, 0.25) is 0 Å². The molecule has 1 aromatic carbocycles. The van der Waals surface area contributed by atoms with Crippen molar-refractivity contribution in [2.45, 2.75) is 5.41 Å². The molecule has 0 aromatic heterocycles. The minimum atomic E-state index is 0.110. The van der Waals surface area contributed by atoms with Crippen LogP contribution in [0.15, 0.2) is 30.4 Å². The zero-order valence-electron chi connectivity index (χ0n) is 8.39. The van der Waals surface area contributed by atoms with Crippen LogP contribution in [0, 0.1) is 0 Å². The van der Waals surface area contributed by atoms with Crippen molar-refractivity contribution < 1.29 is 0 Å². The van der Waals surface area contributed by atoms with E-state index >= 15 is 0 Å². The lowest BCUT2D eigenvalue weighted by molar-refractivity contribution is 0.513. The molecule has 2 heterocycles. The molecule has 0 radical (unpaired) electrons. The van der Waals surface area contributed by atoms with Gasteiger partial charge in [-0.2, -0.15) is 0 Å². The Morgan fingerprint density at radius 3 is 3.00 bits per heavy atom. The third-order valence-corrected chi connectivity index (χ3v) is 3.59. The fourth-order valence-corrected chi connectivity index (χ4v) is 2.73. The highest BCUT2D eigenvalue weighted by Gasteiger charge is 2.38. The standard InChI is InChI=1S/C12H13ClN2/c13-10-4-1-3-9-11(10)15-8-12(9)5-2-6-14-7-12/h1-5,14-15H,6-8H2/t12-/m0/s1. The first kappa shape index (κ1) is 9.25. The smallest absolute Gasteiger partial charge is 0.0640 e. The molecule has 3 heteroatoms. The first-order valence-corrected chi connectivity index (χ1v) is 5.61. The van der Waals surface area contributed by atoms with E-state index in [1.165, 1.54) is 5.56 Å². The molecule has 78 valence electrons. The van der Waals surface area contributed by atoms with E-state index in [1.807, 2.05) is 12.1 Å². The molecule has 0 bridgehead atoms. The van der Waals surface area contributed by atoms with Crippen molar-refractivity contribution >= 4 is 17.3 Å². The quantitative estimate of drug-likeness (QED) is 0.655. The predicted octanol–water partition coefficient (Wildman–Crippen LogP) is 2.16. The highest BCUT2D eigenvalue weighted by Crippen LogP contribution is 2.41. The van der Waals surface area contributed by atoms with Gasteiger partial charge in [-0.15, -0.1) is 0 Å². The number of hydrogen-bond donors (Lipinski definition) is 2. The monoisotopic (exact) mass is 220 g/mol. The third kappa shape index (κ3) is 1.29. The van der Waals surface area contributed by atoms with Crippen molar-refractivity contribution in [3.8, 4) is 0 Å². The molecule has 0 unspecified atom stereocenters. The molecule has 0 aliphatic carbocycles. The Morgan fingerprint density at radius 1 is 1.27 bits per heavy atom. The van der Waals surface area contributed by atoms with E-state index < -0.39 is 0 Å². The van der Waals surface area contributed by atoms with E-state index in [2.05, 4.69) is 28.9 Å². The molecular formula is C12H13ClN2. The molecule has 0 saturated carbocycles. The molecule has 0 saturated heterocycles. The summed E-state index contributed by atoms with van der Waals surface area (Å²) in [5.41, 5.74) is 2.53. The number of benzene rings is 1. The van der Waals surface area contributed by atoms with Gasteiger partial charge in [0.25, 0.3) is 0 Å². The largest absolute Gasteiger partial charge is 0.382 e. The number of hydrogen-bond acceptors (Lipinski definition) is 2. The minimum absolute atomic E-state index is 0.110. The molecule has 2 aliphatic heterocycles. The Bertz CT molecular complexity index is 428. The van der Waals surface area contributed by atoms with Crippen LogP contribution in [0.3, 0.4) is 0 Å². The molecule has 3 rings (SSSR count). The summed E-state index contributed by atoms with van der Waals surface area (Å²) in [4.78, 5) is 0. The Kier molecular flexibility index (Phi) is 2.01. The highest BCUT2D eigenvalue weighted by atomic mass is 35.5. The average Bonchev–Trinajstić information content (AvgIpc) is 2.61. The second-order valence-electron chi connectivity index (χ2n) is 4.21. The number of para-hydroxylation sites is 1. The van der Waals surface area contributed by atoms with Crippen LogP contribution in [0.2, 0.25) is 5.02 Å². The predicted molar refractivity (Wildman–Crippen MR) is 63.6 cm³/mol. The van der Waals surface area contributed by atoms with Gasteiger partial charge in [0, 0.05) is 25.0 Å². The summed E-state index contributed by atoms with van der Waals surface area (Å²) >= 11 is 6.17. The molecule has 1 atom stereocenters. The second-order valence-corrected chi connectivity index (χ2v) is 4.61. The third-order valence-electron chi connectivity index (χ3n) is 3.27. The molecule has 15 heavy (non-hydrogen) atoms. The molecule has 2 aliphatic rings. The summed E-state index contributed by atoms with van der Waals surface area (Å²) in [6.07, 6.45) is 4.50. The number of anilines is 1. The van der Waals surface area contributed by atoms with Crippen LogP contribution in [-0.4, -0.2) is 19.6 Å². The van der Waals surface area contributed by atoms with Gasteiger partial charge in [-0.1, -0.05) is 35.9 Å². The fourth-order valence-electron chi connectivity index (χ4n) is 2.49. The number of fused-ring (bicyclic) bond motifs is 2. The van der Waals surface area contributed by atoms with Crippen LogP contribution in [-0.2, 0) is 5.41 Å². The van der Waals surface area contributed by atoms with Crippen LogP contribution in [0.25, 0.3) is 0 Å². The molecule has 1 aromatic rings. The summed E-state index contributed by atoms with van der Waals surface area (Å²) < 4.78 is 0. The van der Waals surface area contributed by atoms with Gasteiger partial charge < -0.3 is 10.6 Å². The van der Waals surface area contributed by atoms with Crippen molar-refractivity contribution in [3.05, 3.63) is 40.9 Å². The van der Waals surface area contributed by atoms with Gasteiger partial charge in [-0.25, -0.2) is 0 Å². The van der Waals surface area contributed by atoms with Crippen LogP contribution >= 0.6 is 11.6 Å². The minimum Gasteiger partial charge on any atom is -0.382 e. The van der Waals surface area contributed by atoms with E-state index in [1.54, 1.807) is 0 Å². The SMILES string of the molecule is Clc1cccc2c1NC[C@@]21C=CCNC1. The maximum absolute atomic E-state index is 6.17. The van der Waals surface area contributed by atoms with Gasteiger partial charge in [0.05, 0.1) is 10.7 Å². The van der Waals surface area contributed by atoms with Crippen molar-refractivity contribution in [2.24, 2.45) is 0 Å². The second kappa shape index (κ2) is 3.26. The van der Waals surface area contributed by atoms with E-state index in [4.69, 9.17) is 11.6 Å². The zero-order chi connectivity index (χ0) is 10.3. The Hall–Kier alpha value is -0.990. The Morgan fingerprint density at radius 2 is 2.20 bits per heavy atom. The van der Waals surface area contributed by atoms with Gasteiger partial charge in [-0.05, 0) is 11.6 Å². The molecule has 2 N–H and O–H groups in total. The summed E-state index contributed by atoms with van der Waals surface area (Å²) in [6.45, 7) is 2.90. The Labute approximate surface area is 94.3 Å². The lowest BCUT2D eigenvalue weighted by Gasteiger charge is -2.29. The maximum atomic E-state index is 6.17. The number of halogens is 1. The summed E-state index contributed by atoms with van der Waals surface area (Å²) in [5.74, 6) is 0. The van der Waals surface area contributed by atoms with Crippen LogP contribution in [0.5, 0.6) is 0 Å². The molecule has 0 fully saturated rings. The van der Waals surface area contributed by atoms with E-state index in [9.17, 15) is 0 Å². The van der Waals surface area contributed by atoms with Crippen molar-refractivity contribution in [2.75, 3.05) is 25.0 Å². The number of rotatable bonds is 0. The summed E-state index contributed by atoms with van der Waals surface area (Å²) in [7, 11) is 0. The fraction of sp³-hybridized carbons (Fsp3) is 0.333. The maximum Gasteiger partial charge on any atom is 0.0640 e. The van der Waals surface area contributed by atoms with Crippen molar-refractivity contribution in [1.29, 1.82) is 0 Å². The van der Waals surface area contributed by atoms with E-state index in [0.717, 1.165) is 30.3 Å². The summed E-state index contributed by atoms with van der Waals surface area (Å²) in [5, 5.41) is 7.64. The average molecular weight is 221 g/mol. The van der Waals surface area contributed by atoms with E-state index in [0.29, 0.717) is 0 Å². The molecular weight excluding hydrogens is 208 g/mol. The first-order chi connectivity index (χ1) is 7.32. The first-order valence-electron chi connectivity index (χ1n) is 5.23. The van der Waals surface area contributed by atoms with Crippen LogP contribution < -0.4 is 10.6 Å². The Balaban J connectivity index is 2.15. The van der Waals surface area contributed by atoms with Gasteiger partial charge in [0.1, 0.15) is 0 Å². The van der Waals surface area contributed by atoms with Gasteiger partial charge in [-0.3, -0.25) is 0 Å². The topological polar surface area (TPSA) is 24.1 Å². The molecule has 1 spiro atoms. The lowest BCUT2D eigenvalue weighted by Crippen LogP contribution is -2.41. The van der Waals surface area contributed by atoms with Crippen LogP contribution in [0.1, 0.15) is 5.56 Å². The highest BCUT2D eigenvalue weighted by molar-refractivity contribution is 6.33. The van der Waals surface area contributed by atoms with E-state index in [-0.39, 0.29) is 5.41 Å². The van der Waals surface area contributed by atoms with Gasteiger partial charge in [0.15, 0.2) is 0 Å². The molecule has 2 nitrogen and oxygen atoms in total. The lowest BCUT2D eigenvalue weighted by atomic mass is 9.80. The van der Waals surface area contributed by atoms with Gasteiger partial charge >= 0.3 is 0 Å². The van der Waals surface area contributed by atoms with Crippen molar-refractivity contribution in [1.82, 2.24) is 5.32 Å². The van der Waals surface area contributed by atoms with Crippen LogP contribution in [0.4, 0.5) is 5.69 Å². The molecule has 0 amide bonds. The summed E-state index contributed by atoms with van der Waals surface area (Å²) in [6, 6.07) is 6.13. The zero-order valence-corrected chi connectivity index (χ0v) is 9.14. The van der Waals surface area contributed by atoms with Crippen molar-refractivity contribution in [3.63, 3.8) is 0 Å². The number of nitrogens with one attached hydrogen (secondary N) is 2.